The molecule has 0 fully saturated rings. The zero-order valence-electron chi connectivity index (χ0n) is 12.2. The van der Waals surface area contributed by atoms with E-state index in [9.17, 15) is 9.50 Å². The molecule has 0 radical (unpaired) electrons. The van der Waals surface area contributed by atoms with E-state index in [4.69, 9.17) is 0 Å². The lowest BCUT2D eigenvalue weighted by atomic mass is 9.86. The molecule has 2 aromatic rings. The second-order valence-corrected chi connectivity index (χ2v) is 5.34. The molecule has 0 aliphatic heterocycles. The number of benzene rings is 2. The molecule has 0 saturated carbocycles. The van der Waals surface area contributed by atoms with Gasteiger partial charge in [-0.25, -0.2) is 4.39 Å². The van der Waals surface area contributed by atoms with Crippen molar-refractivity contribution in [1.29, 1.82) is 0 Å². The molecule has 0 aromatic heterocycles. The highest BCUT2D eigenvalue weighted by Gasteiger charge is 2.22. The van der Waals surface area contributed by atoms with Gasteiger partial charge in [-0.05, 0) is 42.5 Å². The third kappa shape index (κ3) is 2.91. The summed E-state index contributed by atoms with van der Waals surface area (Å²) in [5.74, 6) is -0.158. The Kier molecular flexibility index (Phi) is 4.56. The van der Waals surface area contributed by atoms with E-state index in [0.29, 0.717) is 11.1 Å². The van der Waals surface area contributed by atoms with Crippen molar-refractivity contribution in [3.63, 3.8) is 0 Å². The number of rotatable bonds is 4. The average molecular weight is 272 g/mol. The van der Waals surface area contributed by atoms with Crippen LogP contribution in [0.2, 0.25) is 0 Å². The van der Waals surface area contributed by atoms with Gasteiger partial charge in [-0.2, -0.15) is 0 Å². The molecular weight excluding hydrogens is 251 g/mol. The van der Waals surface area contributed by atoms with Crippen LogP contribution in [-0.4, -0.2) is 5.11 Å². The molecule has 0 bridgehead atoms. The van der Waals surface area contributed by atoms with E-state index in [2.05, 4.69) is 6.92 Å². The quantitative estimate of drug-likeness (QED) is 0.857. The Morgan fingerprint density at radius 1 is 1.00 bits per heavy atom. The van der Waals surface area contributed by atoms with Crippen LogP contribution in [0.25, 0.3) is 0 Å². The third-order valence-electron chi connectivity index (χ3n) is 3.85. The van der Waals surface area contributed by atoms with Gasteiger partial charge in [0.25, 0.3) is 0 Å². The average Bonchev–Trinajstić information content (AvgIpc) is 2.46. The summed E-state index contributed by atoms with van der Waals surface area (Å²) in [4.78, 5) is 0. The van der Waals surface area contributed by atoms with Crippen LogP contribution in [0.3, 0.4) is 0 Å². The van der Waals surface area contributed by atoms with Crippen molar-refractivity contribution < 1.29 is 9.50 Å². The number of halogens is 1. The lowest BCUT2D eigenvalue weighted by Gasteiger charge is -2.23. The first-order valence-electron chi connectivity index (χ1n) is 7.04. The van der Waals surface area contributed by atoms with Crippen LogP contribution < -0.4 is 0 Å². The first-order valence-corrected chi connectivity index (χ1v) is 7.04. The topological polar surface area (TPSA) is 20.2 Å². The molecule has 2 heteroatoms. The lowest BCUT2D eigenvalue weighted by molar-refractivity contribution is 0.142. The Balaban J connectivity index is 2.36. The van der Waals surface area contributed by atoms with Crippen LogP contribution in [-0.2, 0) is 0 Å². The highest BCUT2D eigenvalue weighted by Crippen LogP contribution is 2.34. The predicted molar refractivity (Wildman–Crippen MR) is 80.3 cm³/mol. The molecule has 0 aliphatic carbocycles. The summed E-state index contributed by atoms with van der Waals surface area (Å²) in [7, 11) is 0. The summed E-state index contributed by atoms with van der Waals surface area (Å²) < 4.78 is 13.7. The number of aryl methyl sites for hydroxylation is 2. The summed E-state index contributed by atoms with van der Waals surface area (Å²) in [6.45, 7) is 5.54. The Labute approximate surface area is 120 Å². The molecule has 0 amide bonds. The van der Waals surface area contributed by atoms with Gasteiger partial charge in [0.2, 0.25) is 0 Å². The maximum absolute atomic E-state index is 13.7. The molecule has 1 nitrogen and oxygen atoms in total. The van der Waals surface area contributed by atoms with E-state index in [1.807, 2.05) is 30.3 Å². The minimum atomic E-state index is -0.611. The predicted octanol–water partition coefficient (Wildman–Crippen LogP) is 4.67. The zero-order valence-corrected chi connectivity index (χ0v) is 12.2. The van der Waals surface area contributed by atoms with Gasteiger partial charge in [0.15, 0.2) is 0 Å². The standard InChI is InChI=1S/C18H21FO/c1-4-16(14-8-6-5-7-9-14)18(20)15-10-12(2)17(19)13(3)11-15/h5-11,16,18,20H,4H2,1-3H3. The fraction of sp³-hybridized carbons (Fsp3) is 0.333. The van der Waals surface area contributed by atoms with Gasteiger partial charge in [0, 0.05) is 5.92 Å². The zero-order chi connectivity index (χ0) is 14.7. The summed E-state index contributed by atoms with van der Waals surface area (Å²) in [6, 6.07) is 13.5. The lowest BCUT2D eigenvalue weighted by Crippen LogP contribution is -2.11. The van der Waals surface area contributed by atoms with Crippen LogP contribution in [0.4, 0.5) is 4.39 Å². The van der Waals surface area contributed by atoms with Crippen molar-refractivity contribution in [3.8, 4) is 0 Å². The minimum absolute atomic E-state index is 0.0282. The molecule has 0 spiro atoms. The van der Waals surface area contributed by atoms with Crippen LogP contribution in [0.1, 0.15) is 47.6 Å². The van der Waals surface area contributed by atoms with Gasteiger partial charge in [0.1, 0.15) is 5.82 Å². The molecule has 0 saturated heterocycles. The molecule has 1 N–H and O–H groups in total. The second-order valence-electron chi connectivity index (χ2n) is 5.34. The van der Waals surface area contributed by atoms with E-state index >= 15 is 0 Å². The van der Waals surface area contributed by atoms with E-state index in [-0.39, 0.29) is 11.7 Å². The van der Waals surface area contributed by atoms with Crippen LogP contribution >= 0.6 is 0 Å². The van der Waals surface area contributed by atoms with E-state index in [0.717, 1.165) is 17.5 Å². The van der Waals surface area contributed by atoms with Crippen molar-refractivity contribution in [1.82, 2.24) is 0 Å². The molecule has 2 aromatic carbocycles. The maximum atomic E-state index is 13.7. The van der Waals surface area contributed by atoms with Crippen LogP contribution in [0.15, 0.2) is 42.5 Å². The monoisotopic (exact) mass is 272 g/mol. The first-order chi connectivity index (χ1) is 9.54. The van der Waals surface area contributed by atoms with Crippen molar-refractivity contribution >= 4 is 0 Å². The fourth-order valence-electron chi connectivity index (χ4n) is 2.72. The minimum Gasteiger partial charge on any atom is -0.388 e. The summed E-state index contributed by atoms with van der Waals surface area (Å²) in [5, 5.41) is 10.7. The number of aliphatic hydroxyl groups is 1. The van der Waals surface area contributed by atoms with E-state index in [1.54, 1.807) is 26.0 Å². The van der Waals surface area contributed by atoms with Gasteiger partial charge in [0.05, 0.1) is 6.10 Å². The van der Waals surface area contributed by atoms with Crippen LogP contribution in [0, 0.1) is 19.7 Å². The summed E-state index contributed by atoms with van der Waals surface area (Å²) in [6.07, 6.45) is 0.223. The molecule has 106 valence electrons. The Bertz CT molecular complexity index is 554. The van der Waals surface area contributed by atoms with Gasteiger partial charge < -0.3 is 5.11 Å². The van der Waals surface area contributed by atoms with E-state index < -0.39 is 6.10 Å². The number of hydrogen-bond acceptors (Lipinski definition) is 1. The SMILES string of the molecule is CCC(c1ccccc1)C(O)c1cc(C)c(F)c(C)c1. The first kappa shape index (κ1) is 14.7. The van der Waals surface area contributed by atoms with Crippen molar-refractivity contribution in [2.24, 2.45) is 0 Å². The Morgan fingerprint density at radius 2 is 1.55 bits per heavy atom. The summed E-state index contributed by atoms with van der Waals surface area (Å²) >= 11 is 0. The van der Waals surface area contributed by atoms with Gasteiger partial charge in [-0.1, -0.05) is 49.4 Å². The molecular formula is C18H21FO. The molecule has 20 heavy (non-hydrogen) atoms. The molecule has 2 atom stereocenters. The van der Waals surface area contributed by atoms with Gasteiger partial charge in [-0.3, -0.25) is 0 Å². The Morgan fingerprint density at radius 3 is 2.05 bits per heavy atom. The van der Waals surface area contributed by atoms with Gasteiger partial charge in [-0.15, -0.1) is 0 Å². The highest BCUT2D eigenvalue weighted by molar-refractivity contribution is 5.34. The van der Waals surface area contributed by atoms with Gasteiger partial charge >= 0.3 is 0 Å². The fourth-order valence-corrected chi connectivity index (χ4v) is 2.72. The molecule has 2 rings (SSSR count). The van der Waals surface area contributed by atoms with Crippen LogP contribution in [0.5, 0.6) is 0 Å². The Hall–Kier alpha value is -1.67. The highest BCUT2D eigenvalue weighted by atomic mass is 19.1. The molecule has 0 aliphatic rings. The van der Waals surface area contributed by atoms with Crippen molar-refractivity contribution in [2.45, 2.75) is 39.2 Å². The smallest absolute Gasteiger partial charge is 0.129 e. The molecule has 0 heterocycles. The second kappa shape index (κ2) is 6.19. The van der Waals surface area contributed by atoms with E-state index in [1.165, 1.54) is 0 Å². The van der Waals surface area contributed by atoms with Crippen molar-refractivity contribution in [3.05, 3.63) is 70.5 Å². The number of hydrogen-bond donors (Lipinski definition) is 1. The van der Waals surface area contributed by atoms with Crippen molar-refractivity contribution in [2.75, 3.05) is 0 Å². The maximum Gasteiger partial charge on any atom is 0.129 e. The molecule has 2 unspecified atom stereocenters. The number of aliphatic hydroxyl groups excluding tert-OH is 1. The largest absolute Gasteiger partial charge is 0.388 e. The summed E-state index contributed by atoms with van der Waals surface area (Å²) in [5.41, 5.74) is 3.07. The third-order valence-corrected chi connectivity index (χ3v) is 3.85. The normalized spacial score (nSPS) is 14.1.